The largest absolute Gasteiger partial charge is 0.508 e. The fraction of sp³-hybridized carbons (Fsp3) is 0.350. The van der Waals surface area contributed by atoms with Gasteiger partial charge in [0.25, 0.3) is 0 Å². The lowest BCUT2D eigenvalue weighted by atomic mass is 10.0. The highest BCUT2D eigenvalue weighted by Gasteiger charge is 2.37. The van der Waals surface area contributed by atoms with E-state index in [1.807, 2.05) is 30.0 Å². The van der Waals surface area contributed by atoms with Gasteiger partial charge in [0.05, 0.1) is 0 Å². The van der Waals surface area contributed by atoms with Crippen molar-refractivity contribution in [1.82, 2.24) is 9.80 Å². The van der Waals surface area contributed by atoms with Crippen LogP contribution in [-0.2, 0) is 11.3 Å². The first kappa shape index (κ1) is 17.4. The third-order valence-electron chi connectivity index (χ3n) is 4.45. The van der Waals surface area contributed by atoms with E-state index < -0.39 is 6.04 Å². The molecule has 1 fully saturated rings. The Labute approximate surface area is 147 Å². The Bertz CT molecular complexity index is 759. The Morgan fingerprint density at radius 1 is 1.20 bits per heavy atom. The molecule has 1 aliphatic rings. The highest BCUT2D eigenvalue weighted by molar-refractivity contribution is 5.84. The summed E-state index contributed by atoms with van der Waals surface area (Å²) in [5.74, 6) is -0.195. The van der Waals surface area contributed by atoms with Gasteiger partial charge in [0.1, 0.15) is 17.6 Å². The van der Waals surface area contributed by atoms with Crippen LogP contribution in [0, 0.1) is 5.82 Å². The zero-order valence-corrected chi connectivity index (χ0v) is 14.5. The van der Waals surface area contributed by atoms with Crippen LogP contribution in [0.4, 0.5) is 4.39 Å². The molecule has 0 radical (unpaired) electrons. The summed E-state index contributed by atoms with van der Waals surface area (Å²) in [6.45, 7) is 0.442. The molecule has 0 saturated heterocycles. The number of benzene rings is 2. The van der Waals surface area contributed by atoms with Crippen LogP contribution in [0.15, 0.2) is 48.5 Å². The molecule has 1 amide bonds. The Kier molecular flexibility index (Phi) is 5.04. The maximum absolute atomic E-state index is 13.6. The van der Waals surface area contributed by atoms with Crippen LogP contribution in [0.5, 0.6) is 5.75 Å². The normalized spacial score (nSPS) is 15.2. The van der Waals surface area contributed by atoms with E-state index in [-0.39, 0.29) is 23.5 Å². The van der Waals surface area contributed by atoms with Gasteiger partial charge in [-0.2, -0.15) is 0 Å². The molecule has 0 aromatic heterocycles. The summed E-state index contributed by atoms with van der Waals surface area (Å²) in [5, 5.41) is 9.67. The van der Waals surface area contributed by atoms with Crippen molar-refractivity contribution < 1.29 is 14.3 Å². The van der Waals surface area contributed by atoms with E-state index in [2.05, 4.69) is 0 Å². The number of halogens is 1. The topological polar surface area (TPSA) is 43.8 Å². The van der Waals surface area contributed by atoms with Crippen molar-refractivity contribution in [2.75, 3.05) is 14.1 Å². The number of carbonyl (C=O) groups is 1. The van der Waals surface area contributed by atoms with E-state index >= 15 is 0 Å². The van der Waals surface area contributed by atoms with E-state index in [4.69, 9.17) is 0 Å². The maximum Gasteiger partial charge on any atom is 0.245 e. The van der Waals surface area contributed by atoms with Crippen molar-refractivity contribution in [3.8, 4) is 5.75 Å². The van der Waals surface area contributed by atoms with Crippen molar-refractivity contribution >= 4 is 5.91 Å². The van der Waals surface area contributed by atoms with Crippen LogP contribution in [-0.4, -0.2) is 41.0 Å². The molecule has 0 unspecified atom stereocenters. The standard InChI is InChI=1S/C20H23FN2O2/c1-22(2)19(15-6-4-7-16(21)12-15)20(25)23(17-9-10-17)13-14-5-3-8-18(24)11-14/h3-8,11-12,17,19,24H,9-10,13H2,1-2H3/t19-/m1/s1. The Hall–Kier alpha value is -2.40. The van der Waals surface area contributed by atoms with Crippen LogP contribution < -0.4 is 0 Å². The van der Waals surface area contributed by atoms with Crippen molar-refractivity contribution in [3.05, 3.63) is 65.5 Å². The second-order valence-electron chi connectivity index (χ2n) is 6.79. The number of amides is 1. The molecule has 4 nitrogen and oxygen atoms in total. The number of nitrogens with zero attached hydrogens (tertiary/aromatic N) is 2. The molecule has 0 aliphatic heterocycles. The number of phenolic OH excluding ortho intramolecular Hbond substituents is 1. The number of hydrogen-bond acceptors (Lipinski definition) is 3. The molecule has 0 spiro atoms. The smallest absolute Gasteiger partial charge is 0.245 e. The molecule has 1 atom stereocenters. The van der Waals surface area contributed by atoms with E-state index in [0.29, 0.717) is 12.1 Å². The van der Waals surface area contributed by atoms with E-state index in [9.17, 15) is 14.3 Å². The second kappa shape index (κ2) is 7.23. The molecule has 0 bridgehead atoms. The molecule has 2 aromatic carbocycles. The summed E-state index contributed by atoms with van der Waals surface area (Å²) in [5.41, 5.74) is 1.54. The van der Waals surface area contributed by atoms with E-state index in [1.165, 1.54) is 12.1 Å². The van der Waals surface area contributed by atoms with Gasteiger partial charge in [-0.05, 0) is 62.3 Å². The third-order valence-corrected chi connectivity index (χ3v) is 4.45. The summed E-state index contributed by atoms with van der Waals surface area (Å²) < 4.78 is 13.6. The summed E-state index contributed by atoms with van der Waals surface area (Å²) >= 11 is 0. The van der Waals surface area contributed by atoms with Crippen LogP contribution in [0.1, 0.15) is 30.0 Å². The summed E-state index contributed by atoms with van der Waals surface area (Å²) in [6, 6.07) is 12.9. The van der Waals surface area contributed by atoms with Gasteiger partial charge in [0.2, 0.25) is 5.91 Å². The summed E-state index contributed by atoms with van der Waals surface area (Å²) in [4.78, 5) is 16.9. The lowest BCUT2D eigenvalue weighted by Crippen LogP contribution is -2.41. The predicted octanol–water partition coefficient (Wildman–Crippen LogP) is 3.33. The first-order chi connectivity index (χ1) is 12.0. The van der Waals surface area contributed by atoms with Crippen molar-refractivity contribution in [3.63, 3.8) is 0 Å². The molecule has 132 valence electrons. The van der Waals surface area contributed by atoms with Crippen molar-refractivity contribution in [2.24, 2.45) is 0 Å². The van der Waals surface area contributed by atoms with Gasteiger partial charge in [0, 0.05) is 12.6 Å². The maximum atomic E-state index is 13.6. The van der Waals surface area contributed by atoms with Crippen molar-refractivity contribution in [2.45, 2.75) is 31.5 Å². The lowest BCUT2D eigenvalue weighted by Gasteiger charge is -2.31. The first-order valence-electron chi connectivity index (χ1n) is 8.46. The van der Waals surface area contributed by atoms with Crippen LogP contribution in [0.2, 0.25) is 0 Å². The monoisotopic (exact) mass is 342 g/mol. The Balaban J connectivity index is 1.87. The molecular weight excluding hydrogens is 319 g/mol. The van der Waals surface area contributed by atoms with Gasteiger partial charge in [-0.3, -0.25) is 9.69 Å². The van der Waals surface area contributed by atoms with Gasteiger partial charge in [-0.15, -0.1) is 0 Å². The zero-order valence-electron chi connectivity index (χ0n) is 14.5. The van der Waals surface area contributed by atoms with Gasteiger partial charge in [-0.1, -0.05) is 24.3 Å². The van der Waals surface area contributed by atoms with Crippen LogP contribution in [0.3, 0.4) is 0 Å². The second-order valence-corrected chi connectivity index (χ2v) is 6.79. The van der Waals surface area contributed by atoms with Gasteiger partial charge in [-0.25, -0.2) is 4.39 Å². The highest BCUT2D eigenvalue weighted by atomic mass is 19.1. The lowest BCUT2D eigenvalue weighted by molar-refractivity contribution is -0.137. The van der Waals surface area contributed by atoms with E-state index in [0.717, 1.165) is 18.4 Å². The number of aromatic hydroxyl groups is 1. The van der Waals surface area contributed by atoms with Crippen molar-refractivity contribution in [1.29, 1.82) is 0 Å². The molecule has 2 aromatic rings. The average molecular weight is 342 g/mol. The van der Waals surface area contributed by atoms with Gasteiger partial charge >= 0.3 is 0 Å². The fourth-order valence-corrected chi connectivity index (χ4v) is 3.12. The molecule has 1 aliphatic carbocycles. The Morgan fingerprint density at radius 3 is 2.52 bits per heavy atom. The highest BCUT2D eigenvalue weighted by Crippen LogP contribution is 2.33. The molecule has 5 heteroatoms. The van der Waals surface area contributed by atoms with Gasteiger partial charge < -0.3 is 10.0 Å². The molecule has 1 N–H and O–H groups in total. The van der Waals surface area contributed by atoms with Crippen LogP contribution in [0.25, 0.3) is 0 Å². The minimum Gasteiger partial charge on any atom is -0.508 e. The molecular formula is C20H23FN2O2. The molecule has 3 rings (SSSR count). The fourth-order valence-electron chi connectivity index (χ4n) is 3.12. The predicted molar refractivity (Wildman–Crippen MR) is 94.5 cm³/mol. The average Bonchev–Trinajstić information content (AvgIpc) is 3.37. The SMILES string of the molecule is CN(C)[C@@H](C(=O)N(Cc1cccc(O)c1)C1CC1)c1cccc(F)c1. The minimum atomic E-state index is -0.534. The van der Waals surface area contributed by atoms with E-state index in [1.54, 1.807) is 30.3 Å². The quantitative estimate of drug-likeness (QED) is 0.876. The molecule has 25 heavy (non-hydrogen) atoms. The summed E-state index contributed by atoms with van der Waals surface area (Å²) in [7, 11) is 3.65. The molecule has 0 heterocycles. The third kappa shape index (κ3) is 4.17. The number of likely N-dealkylation sites (N-methyl/N-ethyl adjacent to an activating group) is 1. The van der Waals surface area contributed by atoms with Crippen LogP contribution >= 0.6 is 0 Å². The number of rotatable bonds is 6. The first-order valence-corrected chi connectivity index (χ1v) is 8.46. The zero-order chi connectivity index (χ0) is 18.0. The van der Waals surface area contributed by atoms with Gasteiger partial charge in [0.15, 0.2) is 0 Å². The summed E-state index contributed by atoms with van der Waals surface area (Å²) in [6.07, 6.45) is 1.96. The number of carbonyl (C=O) groups excluding carboxylic acids is 1. The molecule has 1 saturated carbocycles. The minimum absolute atomic E-state index is 0.0403. The number of hydrogen-bond donors (Lipinski definition) is 1. The number of phenols is 1. The Morgan fingerprint density at radius 2 is 1.92 bits per heavy atom.